The Morgan fingerprint density at radius 1 is 1.50 bits per heavy atom. The average molecular weight is 262 g/mol. The van der Waals surface area contributed by atoms with Gasteiger partial charge in [-0.1, -0.05) is 25.5 Å². The van der Waals surface area contributed by atoms with Gasteiger partial charge in [0.05, 0.1) is 16.5 Å². The molecule has 0 aliphatic heterocycles. The van der Waals surface area contributed by atoms with Crippen molar-refractivity contribution in [3.63, 3.8) is 0 Å². The second-order valence-electron chi connectivity index (χ2n) is 4.01. The number of carbonyl (C=O) groups excluding carboxylic acids is 1. The lowest BCUT2D eigenvalue weighted by Gasteiger charge is -2.12. The molecule has 1 aromatic carbocycles. The third-order valence-electron chi connectivity index (χ3n) is 2.54. The summed E-state index contributed by atoms with van der Waals surface area (Å²) in [6.07, 6.45) is 2.26. The van der Waals surface area contributed by atoms with E-state index < -0.39 is 0 Å². The van der Waals surface area contributed by atoms with Gasteiger partial charge in [0.15, 0.2) is 0 Å². The number of unbranched alkanes of at least 4 members (excludes halogenated alkanes) is 1. The Labute approximate surface area is 113 Å². The molecular weight excluding hydrogens is 244 g/mol. The van der Waals surface area contributed by atoms with Gasteiger partial charge in [0.2, 0.25) is 5.91 Å². The molecule has 0 aliphatic carbocycles. The smallest absolute Gasteiger partial charge is 0.237 e. The zero-order valence-electron chi connectivity index (χ0n) is 10.8. The second kappa shape index (κ2) is 7.78. The quantitative estimate of drug-likeness (QED) is 0.799. The van der Waals surface area contributed by atoms with Gasteiger partial charge in [-0.25, -0.2) is 0 Å². The fraction of sp³-hybridized carbons (Fsp3) is 0.429. The number of anilines is 1. The Kier molecular flexibility index (Phi) is 6.31. The Balaban J connectivity index is 2.56. The van der Waals surface area contributed by atoms with Gasteiger partial charge < -0.3 is 5.32 Å². The number of nitrogens with one attached hydrogen (secondary N) is 1. The lowest BCUT2D eigenvalue weighted by atomic mass is 10.2. The first kappa shape index (κ1) is 14.6. The van der Waals surface area contributed by atoms with Crippen molar-refractivity contribution in [3.8, 4) is 6.07 Å². The number of nitrogens with zero attached hydrogens (tertiary/aromatic N) is 1. The van der Waals surface area contributed by atoms with E-state index in [9.17, 15) is 4.79 Å². The topological polar surface area (TPSA) is 52.9 Å². The lowest BCUT2D eigenvalue weighted by molar-refractivity contribution is -0.115. The highest BCUT2D eigenvalue weighted by atomic mass is 32.2. The molecule has 1 amide bonds. The standard InChI is InChI=1S/C14H18N2OS/c1-3-4-9-18-11(2)14(17)16-13-8-6-5-7-12(13)10-15/h5-8,11H,3-4,9H2,1-2H3,(H,16,17). The molecule has 1 aromatic rings. The van der Waals surface area contributed by atoms with E-state index in [0.29, 0.717) is 11.3 Å². The van der Waals surface area contributed by atoms with Crippen LogP contribution in [0.25, 0.3) is 0 Å². The average Bonchev–Trinajstić information content (AvgIpc) is 2.39. The van der Waals surface area contributed by atoms with Crippen LogP contribution in [0.5, 0.6) is 0 Å². The highest BCUT2D eigenvalue weighted by Crippen LogP contribution is 2.18. The fourth-order valence-corrected chi connectivity index (χ4v) is 2.42. The first-order chi connectivity index (χ1) is 8.69. The highest BCUT2D eigenvalue weighted by molar-refractivity contribution is 8.00. The molecule has 3 nitrogen and oxygen atoms in total. The summed E-state index contributed by atoms with van der Waals surface area (Å²) < 4.78 is 0. The Bertz CT molecular complexity index is 440. The van der Waals surface area contributed by atoms with Crippen molar-refractivity contribution in [2.24, 2.45) is 0 Å². The maximum absolute atomic E-state index is 11.9. The minimum Gasteiger partial charge on any atom is -0.324 e. The molecule has 0 aliphatic rings. The van der Waals surface area contributed by atoms with E-state index in [1.807, 2.05) is 13.0 Å². The predicted octanol–water partition coefficient (Wildman–Crippen LogP) is 3.42. The van der Waals surface area contributed by atoms with Crippen LogP contribution >= 0.6 is 11.8 Å². The van der Waals surface area contributed by atoms with Crippen molar-refractivity contribution in [1.29, 1.82) is 5.26 Å². The number of hydrogen-bond donors (Lipinski definition) is 1. The molecule has 0 heterocycles. The summed E-state index contributed by atoms with van der Waals surface area (Å²) >= 11 is 1.65. The summed E-state index contributed by atoms with van der Waals surface area (Å²) in [7, 11) is 0. The van der Waals surface area contributed by atoms with Crippen molar-refractivity contribution in [2.45, 2.75) is 31.9 Å². The van der Waals surface area contributed by atoms with Crippen molar-refractivity contribution in [3.05, 3.63) is 29.8 Å². The minimum absolute atomic E-state index is 0.0428. The minimum atomic E-state index is -0.0942. The summed E-state index contributed by atoms with van der Waals surface area (Å²) in [5, 5.41) is 11.6. The maximum Gasteiger partial charge on any atom is 0.237 e. The SMILES string of the molecule is CCCCSC(C)C(=O)Nc1ccccc1C#N. The van der Waals surface area contributed by atoms with E-state index in [2.05, 4.69) is 18.3 Å². The van der Waals surface area contributed by atoms with Crippen LogP contribution in [0.1, 0.15) is 32.3 Å². The zero-order chi connectivity index (χ0) is 13.4. The van der Waals surface area contributed by atoms with Crippen molar-refractivity contribution >= 4 is 23.4 Å². The van der Waals surface area contributed by atoms with E-state index in [4.69, 9.17) is 5.26 Å². The lowest BCUT2D eigenvalue weighted by Crippen LogP contribution is -2.23. The number of para-hydroxylation sites is 1. The maximum atomic E-state index is 11.9. The number of amides is 1. The molecule has 0 fully saturated rings. The Morgan fingerprint density at radius 2 is 2.22 bits per heavy atom. The number of thioether (sulfide) groups is 1. The molecule has 0 saturated heterocycles. The van der Waals surface area contributed by atoms with Crippen LogP contribution in [0.4, 0.5) is 5.69 Å². The fourth-order valence-electron chi connectivity index (χ4n) is 1.40. The van der Waals surface area contributed by atoms with Gasteiger partial charge >= 0.3 is 0 Å². The van der Waals surface area contributed by atoms with E-state index in [1.165, 1.54) is 0 Å². The van der Waals surface area contributed by atoms with Gasteiger partial charge in [0, 0.05) is 0 Å². The predicted molar refractivity (Wildman–Crippen MR) is 76.6 cm³/mol. The first-order valence-corrected chi connectivity index (χ1v) is 7.15. The largest absolute Gasteiger partial charge is 0.324 e. The third kappa shape index (κ3) is 4.42. The molecule has 0 saturated carbocycles. The molecule has 1 rings (SSSR count). The highest BCUT2D eigenvalue weighted by Gasteiger charge is 2.14. The number of benzene rings is 1. The molecule has 18 heavy (non-hydrogen) atoms. The van der Waals surface area contributed by atoms with Crippen LogP contribution in [-0.4, -0.2) is 16.9 Å². The van der Waals surface area contributed by atoms with Gasteiger partial charge in [-0.05, 0) is 31.2 Å². The van der Waals surface area contributed by atoms with Gasteiger partial charge in [0.1, 0.15) is 6.07 Å². The van der Waals surface area contributed by atoms with Gasteiger partial charge in [-0.3, -0.25) is 4.79 Å². The number of nitriles is 1. The summed E-state index contributed by atoms with van der Waals surface area (Å²) in [5.41, 5.74) is 1.09. The zero-order valence-corrected chi connectivity index (χ0v) is 11.6. The van der Waals surface area contributed by atoms with E-state index >= 15 is 0 Å². The van der Waals surface area contributed by atoms with Gasteiger partial charge in [0.25, 0.3) is 0 Å². The van der Waals surface area contributed by atoms with Crippen LogP contribution in [0.15, 0.2) is 24.3 Å². The molecule has 0 aromatic heterocycles. The monoisotopic (exact) mass is 262 g/mol. The molecule has 4 heteroatoms. The van der Waals surface area contributed by atoms with Gasteiger partial charge in [-0.2, -0.15) is 5.26 Å². The van der Waals surface area contributed by atoms with Crippen molar-refractivity contribution in [2.75, 3.05) is 11.1 Å². The summed E-state index contributed by atoms with van der Waals surface area (Å²) in [4.78, 5) is 11.9. The summed E-state index contributed by atoms with van der Waals surface area (Å²) in [6.45, 7) is 4.03. The van der Waals surface area contributed by atoms with Crippen LogP contribution in [-0.2, 0) is 4.79 Å². The third-order valence-corrected chi connectivity index (χ3v) is 3.78. The second-order valence-corrected chi connectivity index (χ2v) is 5.46. The normalized spacial score (nSPS) is 11.6. The summed E-state index contributed by atoms with van der Waals surface area (Å²) in [6, 6.07) is 9.12. The van der Waals surface area contributed by atoms with Crippen LogP contribution in [0, 0.1) is 11.3 Å². The van der Waals surface area contributed by atoms with E-state index in [-0.39, 0.29) is 11.2 Å². The Morgan fingerprint density at radius 3 is 2.89 bits per heavy atom. The number of hydrogen-bond acceptors (Lipinski definition) is 3. The van der Waals surface area contributed by atoms with E-state index in [0.717, 1.165) is 18.6 Å². The molecule has 1 N–H and O–H groups in total. The van der Waals surface area contributed by atoms with Crippen LogP contribution in [0.2, 0.25) is 0 Å². The molecular formula is C14H18N2OS. The van der Waals surface area contributed by atoms with Crippen LogP contribution < -0.4 is 5.32 Å². The molecule has 1 unspecified atom stereocenters. The molecule has 0 spiro atoms. The van der Waals surface area contributed by atoms with Crippen LogP contribution in [0.3, 0.4) is 0 Å². The van der Waals surface area contributed by atoms with Gasteiger partial charge in [-0.15, -0.1) is 11.8 Å². The number of carbonyl (C=O) groups is 1. The molecule has 0 radical (unpaired) electrons. The Hall–Kier alpha value is -1.47. The summed E-state index contributed by atoms with van der Waals surface area (Å²) in [5.74, 6) is 0.948. The first-order valence-electron chi connectivity index (χ1n) is 6.10. The van der Waals surface area contributed by atoms with Crippen molar-refractivity contribution < 1.29 is 4.79 Å². The number of rotatable bonds is 6. The van der Waals surface area contributed by atoms with E-state index in [1.54, 1.807) is 30.0 Å². The molecule has 1 atom stereocenters. The van der Waals surface area contributed by atoms with Crippen molar-refractivity contribution in [1.82, 2.24) is 0 Å². The molecule has 96 valence electrons. The molecule has 0 bridgehead atoms.